The molecule has 5 rings (SSSR count). The SMILES string of the molecule is Cc1nc(CC(=O)NC[C@H]2[C@H]3CN(C4CCCC4)C[C@]34CC[C@H]2O4)cs1. The second kappa shape index (κ2) is 6.57. The van der Waals surface area contributed by atoms with E-state index >= 15 is 0 Å². The van der Waals surface area contributed by atoms with E-state index in [2.05, 4.69) is 15.2 Å². The van der Waals surface area contributed by atoms with Crippen molar-refractivity contribution < 1.29 is 9.53 Å². The van der Waals surface area contributed by atoms with Gasteiger partial charge in [-0.2, -0.15) is 0 Å². The van der Waals surface area contributed by atoms with Crippen LogP contribution < -0.4 is 5.32 Å². The van der Waals surface area contributed by atoms with Crippen molar-refractivity contribution in [2.75, 3.05) is 19.6 Å². The Morgan fingerprint density at radius 1 is 1.42 bits per heavy atom. The minimum atomic E-state index is 0.0919. The van der Waals surface area contributed by atoms with Gasteiger partial charge in [-0.05, 0) is 32.6 Å². The highest BCUT2D eigenvalue weighted by Gasteiger charge is 2.63. The minimum absolute atomic E-state index is 0.0919. The van der Waals surface area contributed by atoms with Crippen molar-refractivity contribution >= 4 is 17.2 Å². The van der Waals surface area contributed by atoms with E-state index in [1.165, 1.54) is 45.1 Å². The predicted octanol–water partition coefficient (Wildman–Crippen LogP) is 2.53. The topological polar surface area (TPSA) is 54.5 Å². The number of aromatic nitrogens is 1. The van der Waals surface area contributed by atoms with Crippen molar-refractivity contribution in [3.05, 3.63) is 16.1 Å². The van der Waals surface area contributed by atoms with Gasteiger partial charge in [0.05, 0.1) is 28.8 Å². The van der Waals surface area contributed by atoms with Crippen molar-refractivity contribution in [1.82, 2.24) is 15.2 Å². The maximum Gasteiger partial charge on any atom is 0.226 e. The smallest absolute Gasteiger partial charge is 0.226 e. The second-order valence-electron chi connectivity index (χ2n) is 8.74. The molecule has 4 fully saturated rings. The first-order chi connectivity index (χ1) is 12.6. The standard InChI is InChI=1S/C20H29N3O2S/c1-13-22-14(11-26-13)8-19(24)21-9-16-17-10-23(15-4-2-3-5-15)12-20(17)7-6-18(16)25-20/h11,15-18H,2-10,12H2,1H3,(H,21,24)/t16-,17+,18+,20+/m0/s1. The number of thiazole rings is 1. The summed E-state index contributed by atoms with van der Waals surface area (Å²) in [5, 5.41) is 6.20. The number of carbonyl (C=O) groups is 1. The van der Waals surface area contributed by atoms with Gasteiger partial charge in [0.25, 0.3) is 0 Å². The summed E-state index contributed by atoms with van der Waals surface area (Å²) in [6.45, 7) is 5.04. The lowest BCUT2D eigenvalue weighted by atomic mass is 9.73. The van der Waals surface area contributed by atoms with Gasteiger partial charge < -0.3 is 10.1 Å². The number of hydrogen-bond donors (Lipinski definition) is 1. The summed E-state index contributed by atoms with van der Waals surface area (Å²) in [4.78, 5) is 19.5. The van der Waals surface area contributed by atoms with E-state index in [0.717, 1.165) is 29.8 Å². The Bertz CT molecular complexity index is 686. The van der Waals surface area contributed by atoms with Gasteiger partial charge in [-0.15, -0.1) is 11.3 Å². The number of carbonyl (C=O) groups excluding carboxylic acids is 1. The van der Waals surface area contributed by atoms with E-state index in [1.54, 1.807) is 11.3 Å². The van der Waals surface area contributed by atoms with Crippen LogP contribution in [0.15, 0.2) is 5.38 Å². The van der Waals surface area contributed by atoms with E-state index < -0.39 is 0 Å². The normalized spacial score (nSPS) is 36.7. The number of aryl methyl sites for hydroxylation is 1. The Balaban J connectivity index is 1.20. The summed E-state index contributed by atoms with van der Waals surface area (Å²) >= 11 is 1.61. The predicted molar refractivity (Wildman–Crippen MR) is 101 cm³/mol. The maximum absolute atomic E-state index is 12.4. The zero-order chi connectivity index (χ0) is 17.7. The lowest BCUT2D eigenvalue weighted by Gasteiger charge is -2.29. The molecule has 3 saturated heterocycles. The highest BCUT2D eigenvalue weighted by Crippen LogP contribution is 2.55. The van der Waals surface area contributed by atoms with Crippen molar-refractivity contribution in [3.8, 4) is 0 Å². The van der Waals surface area contributed by atoms with Crippen LogP contribution in [0, 0.1) is 18.8 Å². The fraction of sp³-hybridized carbons (Fsp3) is 0.800. The van der Waals surface area contributed by atoms with E-state index in [9.17, 15) is 4.79 Å². The van der Waals surface area contributed by atoms with E-state index in [-0.39, 0.29) is 11.5 Å². The van der Waals surface area contributed by atoms with Gasteiger partial charge in [0.15, 0.2) is 0 Å². The summed E-state index contributed by atoms with van der Waals surface area (Å²) < 4.78 is 6.54. The first-order valence-electron chi connectivity index (χ1n) is 10.2. The van der Waals surface area contributed by atoms with E-state index in [0.29, 0.717) is 24.4 Å². The quantitative estimate of drug-likeness (QED) is 0.859. The third kappa shape index (κ3) is 2.90. The van der Waals surface area contributed by atoms with Crippen LogP contribution in [0.4, 0.5) is 0 Å². The maximum atomic E-state index is 12.4. The molecule has 4 heterocycles. The van der Waals surface area contributed by atoms with Crippen molar-refractivity contribution in [2.24, 2.45) is 11.8 Å². The molecular formula is C20H29N3O2S. The lowest BCUT2D eigenvalue weighted by molar-refractivity contribution is -0.120. The summed E-state index contributed by atoms with van der Waals surface area (Å²) in [6.07, 6.45) is 8.63. The Labute approximate surface area is 159 Å². The lowest BCUT2D eigenvalue weighted by Crippen LogP contribution is -2.42. The van der Waals surface area contributed by atoms with Crippen LogP contribution in [0.3, 0.4) is 0 Å². The number of likely N-dealkylation sites (tertiary alicyclic amines) is 1. The highest BCUT2D eigenvalue weighted by atomic mass is 32.1. The Morgan fingerprint density at radius 2 is 2.27 bits per heavy atom. The zero-order valence-corrected chi connectivity index (χ0v) is 16.4. The molecule has 26 heavy (non-hydrogen) atoms. The summed E-state index contributed by atoms with van der Waals surface area (Å²) in [6, 6.07) is 0.778. The van der Waals surface area contributed by atoms with Gasteiger partial charge >= 0.3 is 0 Å². The van der Waals surface area contributed by atoms with Crippen molar-refractivity contribution in [1.29, 1.82) is 0 Å². The van der Waals surface area contributed by atoms with Crippen molar-refractivity contribution in [3.63, 3.8) is 0 Å². The number of nitrogens with zero attached hydrogens (tertiary/aromatic N) is 2. The number of ether oxygens (including phenoxy) is 1. The Hall–Kier alpha value is -0.980. The molecule has 2 bridgehead atoms. The van der Waals surface area contributed by atoms with Crippen LogP contribution in [0.1, 0.15) is 49.2 Å². The van der Waals surface area contributed by atoms with E-state index in [1.807, 2.05) is 12.3 Å². The van der Waals surface area contributed by atoms with Crippen molar-refractivity contribution in [2.45, 2.75) is 69.6 Å². The molecule has 4 aliphatic rings. The minimum Gasteiger partial charge on any atom is -0.370 e. The van der Waals surface area contributed by atoms with Crippen LogP contribution in [0.25, 0.3) is 0 Å². The van der Waals surface area contributed by atoms with Gasteiger partial charge in [-0.1, -0.05) is 12.8 Å². The molecule has 1 saturated carbocycles. The monoisotopic (exact) mass is 375 g/mol. The average Bonchev–Trinajstić information content (AvgIpc) is 3.39. The summed E-state index contributed by atoms with van der Waals surface area (Å²) in [7, 11) is 0. The van der Waals surface area contributed by atoms with Crippen LogP contribution in [-0.4, -0.2) is 53.2 Å². The number of fused-ring (bicyclic) bond motifs is 1. The van der Waals surface area contributed by atoms with Crippen LogP contribution >= 0.6 is 11.3 Å². The van der Waals surface area contributed by atoms with Crippen LogP contribution in [0.2, 0.25) is 0 Å². The molecule has 5 nitrogen and oxygen atoms in total. The second-order valence-corrected chi connectivity index (χ2v) is 9.80. The molecule has 6 heteroatoms. The summed E-state index contributed by atoms with van der Waals surface area (Å²) in [5.41, 5.74) is 0.980. The largest absolute Gasteiger partial charge is 0.370 e. The van der Waals surface area contributed by atoms with Gasteiger partial charge in [-0.3, -0.25) is 9.69 Å². The summed E-state index contributed by atoms with van der Waals surface area (Å²) in [5.74, 6) is 1.18. The first-order valence-corrected chi connectivity index (χ1v) is 11.1. The molecule has 0 aromatic carbocycles. The fourth-order valence-electron chi connectivity index (χ4n) is 6.00. The Kier molecular flexibility index (Phi) is 4.33. The zero-order valence-electron chi connectivity index (χ0n) is 15.6. The molecule has 142 valence electrons. The third-order valence-electron chi connectivity index (χ3n) is 7.19. The van der Waals surface area contributed by atoms with Gasteiger partial charge in [-0.25, -0.2) is 4.98 Å². The van der Waals surface area contributed by atoms with Crippen LogP contribution in [0.5, 0.6) is 0 Å². The molecule has 1 spiro atoms. The Morgan fingerprint density at radius 3 is 3.04 bits per heavy atom. The van der Waals surface area contributed by atoms with Gasteiger partial charge in [0.2, 0.25) is 5.91 Å². The number of nitrogens with one attached hydrogen (secondary N) is 1. The number of rotatable bonds is 5. The highest BCUT2D eigenvalue weighted by molar-refractivity contribution is 7.09. The molecule has 4 atom stereocenters. The number of hydrogen-bond acceptors (Lipinski definition) is 5. The third-order valence-corrected chi connectivity index (χ3v) is 8.02. The molecule has 0 radical (unpaired) electrons. The van der Waals surface area contributed by atoms with Gasteiger partial charge in [0, 0.05) is 42.9 Å². The average molecular weight is 376 g/mol. The van der Waals surface area contributed by atoms with Crippen LogP contribution in [-0.2, 0) is 16.0 Å². The molecule has 3 aliphatic heterocycles. The van der Waals surface area contributed by atoms with E-state index in [4.69, 9.17) is 4.74 Å². The number of amides is 1. The molecule has 1 amide bonds. The van der Waals surface area contributed by atoms with Gasteiger partial charge in [0.1, 0.15) is 0 Å². The fourth-order valence-corrected chi connectivity index (χ4v) is 6.61. The molecular weight excluding hydrogens is 346 g/mol. The molecule has 1 aromatic rings. The first kappa shape index (κ1) is 17.1. The molecule has 1 N–H and O–H groups in total. The molecule has 1 aliphatic carbocycles. The molecule has 1 aromatic heterocycles. The molecule has 0 unspecified atom stereocenters.